The van der Waals surface area contributed by atoms with Gasteiger partial charge in [0.15, 0.2) is 0 Å². The van der Waals surface area contributed by atoms with Crippen molar-refractivity contribution in [1.82, 2.24) is 0 Å². The summed E-state index contributed by atoms with van der Waals surface area (Å²) in [5, 5.41) is 0. The minimum atomic E-state index is -3.27. The van der Waals surface area contributed by atoms with Gasteiger partial charge in [-0.15, -0.1) is 0 Å². The first-order chi connectivity index (χ1) is 19.0. The second kappa shape index (κ2) is 16.8. The molecule has 0 atom stereocenters. The summed E-state index contributed by atoms with van der Waals surface area (Å²) in [6.07, 6.45) is 0. The van der Waals surface area contributed by atoms with Crippen molar-refractivity contribution < 1.29 is 16.9 Å². The van der Waals surface area contributed by atoms with Crippen LogP contribution in [-0.2, 0) is 16.9 Å². The van der Waals surface area contributed by atoms with Gasteiger partial charge in [0, 0.05) is 0 Å². The molecule has 0 unspecified atom stereocenters. The van der Waals surface area contributed by atoms with Gasteiger partial charge in [-0.1, -0.05) is 145 Å². The van der Waals surface area contributed by atoms with Crippen molar-refractivity contribution >= 4 is 41.4 Å². The second-order valence-electron chi connectivity index (χ2n) is 16.0. The van der Waals surface area contributed by atoms with Crippen molar-refractivity contribution in [2.75, 3.05) is 0 Å². The largest absolute Gasteiger partial charge is 0.342 e. The lowest BCUT2D eigenvalue weighted by atomic mass is 10.5. The van der Waals surface area contributed by atoms with Crippen LogP contribution in [0, 0.1) is 0 Å². The van der Waals surface area contributed by atoms with Crippen molar-refractivity contribution in [3.8, 4) is 0 Å². The molecule has 1 radical (unpaired) electrons. The molecule has 0 heterocycles. The van der Waals surface area contributed by atoms with Crippen LogP contribution in [0.2, 0.25) is 68.0 Å². The van der Waals surface area contributed by atoms with Gasteiger partial charge in [0.1, 0.15) is 0 Å². The molecule has 0 rings (SSSR count). The van der Waals surface area contributed by atoms with Gasteiger partial charge >= 0.3 is 8.17 Å². The maximum Gasteiger partial charge on any atom is 0.339 e. The predicted octanol–water partition coefficient (Wildman–Crippen LogP) is 14.3. The molecular weight excluding hydrogens is 604 g/mol. The Morgan fingerprint density at radius 2 is 0.500 bits per heavy atom. The van der Waals surface area contributed by atoms with Gasteiger partial charge in [-0.25, -0.2) is 0 Å². The highest BCUT2D eigenvalue weighted by molar-refractivity contribution is 7.62. The molecule has 0 aromatic rings. The van der Waals surface area contributed by atoms with E-state index in [1.807, 2.05) is 0 Å². The fraction of sp³-hybridized carbons (Fsp3) is 1.00. The first kappa shape index (κ1) is 43.1. The van der Waals surface area contributed by atoms with Crippen LogP contribution in [0.5, 0.6) is 0 Å². The minimum absolute atomic E-state index is 0.412. The van der Waals surface area contributed by atoms with Gasteiger partial charge in [0.2, 0.25) is 33.3 Å². The molecule has 0 fully saturated rings. The third-order valence-electron chi connectivity index (χ3n) is 11.2. The van der Waals surface area contributed by atoms with Crippen molar-refractivity contribution in [2.24, 2.45) is 0 Å². The molecule has 0 saturated heterocycles. The van der Waals surface area contributed by atoms with E-state index in [-0.39, 0.29) is 0 Å². The monoisotopic (exact) mass is 681 g/mol. The number of rotatable bonds is 20. The van der Waals surface area contributed by atoms with E-state index in [0.29, 0.717) is 49.9 Å². The molecule has 0 aliphatic carbocycles. The molecule has 0 aliphatic rings. The number of hydrogen-bond acceptors (Lipinski definition) is 4. The van der Waals surface area contributed by atoms with E-state index in [1.54, 1.807) is 0 Å². The maximum absolute atomic E-state index is 8.07. The Labute approximate surface area is 270 Å². The van der Waals surface area contributed by atoms with E-state index in [4.69, 9.17) is 16.9 Å². The molecule has 0 aromatic heterocycles. The molecule has 42 heavy (non-hydrogen) atoms. The first-order valence-electron chi connectivity index (χ1n) is 17.7. The average Bonchev–Trinajstić information content (AvgIpc) is 2.85. The van der Waals surface area contributed by atoms with Crippen LogP contribution in [0.3, 0.4) is 0 Å². The Kier molecular flexibility index (Phi) is 17.3. The van der Waals surface area contributed by atoms with Gasteiger partial charge < -0.3 is 16.9 Å². The Morgan fingerprint density at radius 1 is 0.333 bits per heavy atom. The van der Waals surface area contributed by atoms with Gasteiger partial charge in [0.25, 0.3) is 0 Å². The quantitative estimate of drug-likeness (QED) is 0.0946. The van der Waals surface area contributed by atoms with Gasteiger partial charge in [-0.3, -0.25) is 0 Å². The van der Waals surface area contributed by atoms with Crippen LogP contribution in [0.4, 0.5) is 0 Å². The fourth-order valence-corrected chi connectivity index (χ4v) is 40.9. The Balaban J connectivity index is 8.41. The summed E-state index contributed by atoms with van der Waals surface area (Å²) >= 11 is 0. The third-order valence-corrected chi connectivity index (χ3v) is 40.2. The van der Waals surface area contributed by atoms with Gasteiger partial charge in [-0.2, -0.15) is 0 Å². The van der Waals surface area contributed by atoms with Crippen LogP contribution in [-0.4, -0.2) is 33.3 Å². The van der Waals surface area contributed by atoms with Crippen LogP contribution < -0.4 is 0 Å². The summed E-state index contributed by atoms with van der Waals surface area (Å²) < 4.78 is 32.1. The highest BCUT2D eigenvalue weighted by Crippen LogP contribution is 2.76. The molecule has 0 N–H and O–H groups in total. The van der Waals surface area contributed by atoms with Crippen LogP contribution in [0.1, 0.15) is 145 Å². The first-order valence-corrected chi connectivity index (χ1v) is 28.1. The standard InChI is InChI=1S/C33H78O4PSi4/c1-22-39(23-2,24-3)34-38(35-40(25(4)5,26(6)7)27(8)9,36-41(28(10)11,29(12)13)30(14)15)37-42(31(16)17,32(18)19)33(20)21/h25-33H,22-24H2,1-21H3. The molecule has 0 aliphatic heterocycles. The lowest BCUT2D eigenvalue weighted by Gasteiger charge is -2.58. The minimum Gasteiger partial charge on any atom is -0.342 e. The molecule has 0 aromatic carbocycles. The van der Waals surface area contributed by atoms with Crippen molar-refractivity contribution in [1.29, 1.82) is 0 Å². The summed E-state index contributed by atoms with van der Waals surface area (Å²) in [4.78, 5) is 0. The summed E-state index contributed by atoms with van der Waals surface area (Å²) in [5.74, 6) is 0. The van der Waals surface area contributed by atoms with Crippen LogP contribution in [0.25, 0.3) is 0 Å². The SMILES string of the molecule is CC[Si](CC)(CC)O[P](O[Si](C(C)C)(C(C)C)C(C)C)(O[Si](C(C)C)(C(C)C)C(C)C)O[Si](C(C)C)(C(C)C)C(C)C. The topological polar surface area (TPSA) is 36.9 Å². The zero-order valence-corrected chi connectivity index (χ0v) is 37.3. The van der Waals surface area contributed by atoms with Gasteiger partial charge in [-0.05, 0) is 68.0 Å². The third kappa shape index (κ3) is 8.53. The maximum atomic E-state index is 8.07. The predicted molar refractivity (Wildman–Crippen MR) is 202 cm³/mol. The average molecular weight is 682 g/mol. The Hall–Kier alpha value is 1.14. The van der Waals surface area contributed by atoms with E-state index < -0.39 is 41.4 Å². The summed E-state index contributed by atoms with van der Waals surface area (Å²) in [6.45, 7) is 50.0. The summed E-state index contributed by atoms with van der Waals surface area (Å²) in [6, 6.07) is 3.16. The fourth-order valence-electron chi connectivity index (χ4n) is 8.82. The van der Waals surface area contributed by atoms with E-state index in [9.17, 15) is 0 Å². The Morgan fingerprint density at radius 3 is 0.619 bits per heavy atom. The Bertz CT molecular complexity index is 623. The highest BCUT2D eigenvalue weighted by Gasteiger charge is 2.63. The zero-order valence-electron chi connectivity index (χ0n) is 32.4. The molecule has 0 saturated carbocycles. The summed E-state index contributed by atoms with van der Waals surface area (Å²) in [5.41, 5.74) is 3.71. The molecular formula is C33H78O4PSi4. The zero-order chi connectivity index (χ0) is 33.6. The van der Waals surface area contributed by atoms with Crippen molar-refractivity contribution in [2.45, 2.75) is 213 Å². The van der Waals surface area contributed by atoms with Gasteiger partial charge in [0.05, 0.1) is 0 Å². The lowest BCUT2D eigenvalue weighted by molar-refractivity contribution is 0.223. The number of hydrogen-bond donors (Lipinski definition) is 0. The smallest absolute Gasteiger partial charge is 0.339 e. The molecule has 0 spiro atoms. The lowest BCUT2D eigenvalue weighted by Crippen LogP contribution is -2.56. The highest BCUT2D eigenvalue weighted by atomic mass is 31.2. The van der Waals surface area contributed by atoms with Crippen LogP contribution >= 0.6 is 8.17 Å². The van der Waals surface area contributed by atoms with Crippen molar-refractivity contribution in [3.63, 3.8) is 0 Å². The second-order valence-corrected chi connectivity index (χ2v) is 39.8. The van der Waals surface area contributed by atoms with E-state index in [0.717, 1.165) is 18.1 Å². The van der Waals surface area contributed by atoms with E-state index in [1.165, 1.54) is 0 Å². The normalized spacial score (nSPS) is 15.0. The summed E-state index contributed by atoms with van der Waals surface area (Å²) in [7, 11) is -12.9. The van der Waals surface area contributed by atoms with Crippen LogP contribution in [0.15, 0.2) is 0 Å². The molecule has 0 bridgehead atoms. The van der Waals surface area contributed by atoms with E-state index >= 15 is 0 Å². The molecule has 255 valence electrons. The van der Waals surface area contributed by atoms with E-state index in [2.05, 4.69) is 145 Å². The molecule has 9 heteroatoms. The van der Waals surface area contributed by atoms with Crippen molar-refractivity contribution in [3.05, 3.63) is 0 Å². The molecule has 0 amide bonds. The molecule has 4 nitrogen and oxygen atoms in total.